The van der Waals surface area contributed by atoms with Crippen LogP contribution in [0.1, 0.15) is 16.9 Å². The van der Waals surface area contributed by atoms with Gasteiger partial charge in [-0.05, 0) is 46.4 Å². The van der Waals surface area contributed by atoms with E-state index >= 15 is 0 Å². The van der Waals surface area contributed by atoms with Crippen molar-refractivity contribution in [1.29, 1.82) is 0 Å². The first kappa shape index (κ1) is 10.8. The molecule has 1 aromatic heterocycles. The van der Waals surface area contributed by atoms with E-state index in [1.807, 2.05) is 6.07 Å². The highest BCUT2D eigenvalue weighted by Gasteiger charge is 2.18. The Morgan fingerprint density at radius 3 is 2.63 bits per heavy atom. The van der Waals surface area contributed by atoms with E-state index in [0.717, 1.165) is 24.2 Å². The molecule has 0 amide bonds. The van der Waals surface area contributed by atoms with Gasteiger partial charge in [-0.1, -0.05) is 30.3 Å². The van der Waals surface area contributed by atoms with Gasteiger partial charge >= 0.3 is 0 Å². The first-order valence-electron chi connectivity index (χ1n) is 6.69. The largest absolute Gasteiger partial charge is 0.467 e. The second kappa shape index (κ2) is 3.97. The van der Waals surface area contributed by atoms with E-state index in [0.29, 0.717) is 6.54 Å². The number of hydrogen-bond donors (Lipinski definition) is 1. The van der Waals surface area contributed by atoms with Gasteiger partial charge in [-0.15, -0.1) is 0 Å². The maximum Gasteiger partial charge on any atom is 0.125 e. The first-order valence-corrected chi connectivity index (χ1v) is 6.69. The minimum Gasteiger partial charge on any atom is -0.467 e. The van der Waals surface area contributed by atoms with Crippen LogP contribution >= 0.6 is 0 Å². The van der Waals surface area contributed by atoms with Crippen LogP contribution in [0.3, 0.4) is 0 Å². The van der Waals surface area contributed by atoms with Gasteiger partial charge in [-0.2, -0.15) is 0 Å². The highest BCUT2D eigenvalue weighted by Crippen LogP contribution is 2.38. The standard InChI is InChI=1S/C17H15NO/c18-10-16-14(8-9-19-16)13-7-6-12-5-4-11-2-1-3-15(13)17(11)12/h1-3,6-9H,4-5,10,18H2. The highest BCUT2D eigenvalue weighted by atomic mass is 16.3. The lowest BCUT2D eigenvalue weighted by Crippen LogP contribution is -1.96. The number of aryl methyl sites for hydroxylation is 2. The zero-order chi connectivity index (χ0) is 12.8. The van der Waals surface area contributed by atoms with Crippen molar-refractivity contribution in [3.63, 3.8) is 0 Å². The first-order chi connectivity index (χ1) is 9.38. The van der Waals surface area contributed by atoms with Crippen molar-refractivity contribution in [2.45, 2.75) is 19.4 Å². The van der Waals surface area contributed by atoms with Crippen molar-refractivity contribution in [3.8, 4) is 11.1 Å². The van der Waals surface area contributed by atoms with E-state index in [4.69, 9.17) is 10.2 Å². The Labute approximate surface area is 111 Å². The molecule has 1 aliphatic rings. The van der Waals surface area contributed by atoms with Gasteiger partial charge in [-0.3, -0.25) is 0 Å². The lowest BCUT2D eigenvalue weighted by Gasteiger charge is -2.08. The molecular formula is C17H15NO. The molecule has 0 bridgehead atoms. The van der Waals surface area contributed by atoms with Crippen LogP contribution in [0.4, 0.5) is 0 Å². The quantitative estimate of drug-likeness (QED) is 0.752. The Hall–Kier alpha value is -2.06. The number of benzene rings is 2. The summed E-state index contributed by atoms with van der Waals surface area (Å²) in [5, 5.41) is 2.76. The van der Waals surface area contributed by atoms with Crippen LogP contribution in [-0.4, -0.2) is 0 Å². The van der Waals surface area contributed by atoms with E-state index in [1.165, 1.54) is 27.5 Å². The number of hydrogen-bond acceptors (Lipinski definition) is 2. The fourth-order valence-electron chi connectivity index (χ4n) is 3.22. The van der Waals surface area contributed by atoms with E-state index in [2.05, 4.69) is 30.3 Å². The van der Waals surface area contributed by atoms with E-state index < -0.39 is 0 Å². The van der Waals surface area contributed by atoms with Crippen LogP contribution in [0.5, 0.6) is 0 Å². The average molecular weight is 249 g/mol. The molecule has 1 aliphatic carbocycles. The predicted octanol–water partition coefficient (Wildman–Crippen LogP) is 3.66. The van der Waals surface area contributed by atoms with Crippen LogP contribution in [0.25, 0.3) is 21.9 Å². The third-order valence-corrected chi connectivity index (χ3v) is 4.10. The van der Waals surface area contributed by atoms with Crippen molar-refractivity contribution in [2.75, 3.05) is 0 Å². The smallest absolute Gasteiger partial charge is 0.125 e. The molecule has 3 aromatic rings. The SMILES string of the molecule is NCc1occc1-c1ccc2c3c(cccc13)CC2. The van der Waals surface area contributed by atoms with Crippen LogP contribution in [0.15, 0.2) is 47.1 Å². The van der Waals surface area contributed by atoms with E-state index in [1.54, 1.807) is 6.26 Å². The molecule has 4 rings (SSSR count). The molecule has 0 atom stereocenters. The number of nitrogens with two attached hydrogens (primary N) is 1. The second-order valence-corrected chi connectivity index (χ2v) is 5.07. The van der Waals surface area contributed by atoms with Crippen molar-refractivity contribution >= 4 is 10.8 Å². The van der Waals surface area contributed by atoms with Crippen LogP contribution in [-0.2, 0) is 19.4 Å². The molecule has 94 valence electrons. The topological polar surface area (TPSA) is 39.2 Å². The summed E-state index contributed by atoms with van der Waals surface area (Å²) >= 11 is 0. The van der Waals surface area contributed by atoms with Crippen molar-refractivity contribution in [2.24, 2.45) is 5.73 Å². The highest BCUT2D eigenvalue weighted by molar-refractivity contribution is 6.01. The van der Waals surface area contributed by atoms with Crippen molar-refractivity contribution in [1.82, 2.24) is 0 Å². The van der Waals surface area contributed by atoms with Gasteiger partial charge in [-0.25, -0.2) is 0 Å². The Morgan fingerprint density at radius 1 is 0.947 bits per heavy atom. The van der Waals surface area contributed by atoms with Gasteiger partial charge in [0.15, 0.2) is 0 Å². The summed E-state index contributed by atoms with van der Waals surface area (Å²) in [5.74, 6) is 0.860. The van der Waals surface area contributed by atoms with Crippen molar-refractivity contribution < 1.29 is 4.42 Å². The van der Waals surface area contributed by atoms with Gasteiger partial charge in [0.2, 0.25) is 0 Å². The van der Waals surface area contributed by atoms with Crippen molar-refractivity contribution in [3.05, 3.63) is 59.5 Å². The number of rotatable bonds is 2. The summed E-state index contributed by atoms with van der Waals surface area (Å²) in [6.07, 6.45) is 4.04. The predicted molar refractivity (Wildman–Crippen MR) is 76.9 cm³/mol. The van der Waals surface area contributed by atoms with Gasteiger partial charge in [0.1, 0.15) is 5.76 Å². The monoisotopic (exact) mass is 249 g/mol. The number of furan rings is 1. The van der Waals surface area contributed by atoms with Gasteiger partial charge in [0.25, 0.3) is 0 Å². The summed E-state index contributed by atoms with van der Waals surface area (Å²) in [4.78, 5) is 0. The van der Waals surface area contributed by atoms with E-state index in [9.17, 15) is 0 Å². The molecule has 0 aliphatic heterocycles. The second-order valence-electron chi connectivity index (χ2n) is 5.07. The van der Waals surface area contributed by atoms with Crippen LogP contribution in [0.2, 0.25) is 0 Å². The zero-order valence-electron chi connectivity index (χ0n) is 10.6. The minimum atomic E-state index is 0.436. The fourth-order valence-corrected chi connectivity index (χ4v) is 3.22. The lowest BCUT2D eigenvalue weighted by molar-refractivity contribution is 0.513. The Bertz CT molecular complexity index is 760. The summed E-state index contributed by atoms with van der Waals surface area (Å²) in [6.45, 7) is 0.436. The zero-order valence-corrected chi connectivity index (χ0v) is 10.6. The summed E-state index contributed by atoms with van der Waals surface area (Å²) in [7, 11) is 0. The molecule has 1 heterocycles. The summed E-state index contributed by atoms with van der Waals surface area (Å²) in [6, 6.07) is 13.1. The molecule has 2 aromatic carbocycles. The summed E-state index contributed by atoms with van der Waals surface area (Å²) < 4.78 is 5.47. The summed E-state index contributed by atoms with van der Waals surface area (Å²) in [5.41, 5.74) is 11.0. The molecule has 2 N–H and O–H groups in total. The minimum absolute atomic E-state index is 0.436. The molecule has 0 radical (unpaired) electrons. The molecular weight excluding hydrogens is 234 g/mol. The molecule has 0 unspecified atom stereocenters. The van der Waals surface area contributed by atoms with Crippen LogP contribution < -0.4 is 5.73 Å². The normalized spacial score (nSPS) is 13.3. The molecule has 0 spiro atoms. The third kappa shape index (κ3) is 1.47. The van der Waals surface area contributed by atoms with Gasteiger partial charge < -0.3 is 10.2 Å². The molecule has 2 heteroatoms. The average Bonchev–Trinajstić information content (AvgIpc) is 3.07. The molecule has 0 saturated heterocycles. The van der Waals surface area contributed by atoms with Crippen LogP contribution in [0, 0.1) is 0 Å². The fraction of sp³-hybridized carbons (Fsp3) is 0.176. The Balaban J connectivity index is 2.07. The Kier molecular flexibility index (Phi) is 2.26. The molecule has 19 heavy (non-hydrogen) atoms. The third-order valence-electron chi connectivity index (χ3n) is 4.10. The molecule has 0 fully saturated rings. The maximum absolute atomic E-state index is 5.75. The Morgan fingerprint density at radius 2 is 1.79 bits per heavy atom. The van der Waals surface area contributed by atoms with Gasteiger partial charge in [0, 0.05) is 5.56 Å². The van der Waals surface area contributed by atoms with Gasteiger partial charge in [0.05, 0.1) is 12.8 Å². The lowest BCUT2D eigenvalue weighted by atomic mass is 9.95. The maximum atomic E-state index is 5.75. The van der Waals surface area contributed by atoms with E-state index in [-0.39, 0.29) is 0 Å². The molecule has 0 saturated carbocycles. The molecule has 2 nitrogen and oxygen atoms in total.